The van der Waals surface area contributed by atoms with E-state index in [2.05, 4.69) is 23.4 Å². The molecule has 0 aliphatic rings. The number of rotatable bonds is 2. The lowest BCUT2D eigenvalue weighted by molar-refractivity contribution is -0.693. The first-order chi connectivity index (χ1) is 8.02. The van der Waals surface area contributed by atoms with Crippen LogP contribution in [0.4, 0.5) is 0 Å². The molecule has 4 heteroatoms. The van der Waals surface area contributed by atoms with Crippen molar-refractivity contribution in [3.8, 4) is 0 Å². The zero-order chi connectivity index (χ0) is 12.6. The van der Waals surface area contributed by atoms with Crippen molar-refractivity contribution in [2.45, 2.75) is 33.7 Å². The number of pyridine rings is 1. The predicted octanol–water partition coefficient (Wildman–Crippen LogP) is 2.20. The minimum atomic E-state index is -0.0277. The number of imidazole rings is 1. The molecule has 2 heterocycles. The Balaban J connectivity index is 2.63. The maximum absolute atomic E-state index is 12.0. The number of fused-ring (bicyclic) bond motifs is 1. The summed E-state index contributed by atoms with van der Waals surface area (Å²) >= 11 is 0. The number of hydrogen-bond acceptors (Lipinski definition) is 2. The smallest absolute Gasteiger partial charge is 0.274 e. The number of carbonyl (C=O) groups excluding carboxylic acids is 1. The molecule has 0 saturated carbocycles. The molecule has 4 nitrogen and oxygen atoms in total. The minimum absolute atomic E-state index is 0.0277. The van der Waals surface area contributed by atoms with Gasteiger partial charge in [0.15, 0.2) is 0 Å². The largest absolute Gasteiger partial charge is 0.349 e. The molecule has 0 saturated heterocycles. The Morgan fingerprint density at radius 1 is 1.35 bits per heavy atom. The summed E-state index contributed by atoms with van der Waals surface area (Å²) in [5, 5.41) is 0. The predicted molar refractivity (Wildman–Crippen MR) is 65.8 cm³/mol. The summed E-state index contributed by atoms with van der Waals surface area (Å²) in [6.45, 7) is 7.99. The lowest BCUT2D eigenvalue weighted by Crippen LogP contribution is -2.36. The fraction of sp³-hybridized carbons (Fsp3) is 0.462. The summed E-state index contributed by atoms with van der Waals surface area (Å²) in [5.74, 6) is 0.0501. The Labute approximate surface area is 101 Å². The summed E-state index contributed by atoms with van der Waals surface area (Å²) in [6.07, 6.45) is 3.61. The van der Waals surface area contributed by atoms with E-state index in [-0.39, 0.29) is 11.8 Å². The first-order valence-electron chi connectivity index (χ1n) is 5.93. The first kappa shape index (κ1) is 11.8. The molecular formula is C13H18N3O+. The SMILES string of the molecule is CC(C)C(=O)n1cnc2c1ccc[n+]2C(C)C. The quantitative estimate of drug-likeness (QED) is 0.745. The van der Waals surface area contributed by atoms with Gasteiger partial charge in [-0.2, -0.15) is 0 Å². The van der Waals surface area contributed by atoms with Crippen LogP contribution in [-0.2, 0) is 0 Å². The normalized spacial score (nSPS) is 11.6. The maximum atomic E-state index is 12.0. The fourth-order valence-electron chi connectivity index (χ4n) is 1.87. The van der Waals surface area contributed by atoms with Gasteiger partial charge in [-0.25, -0.2) is 9.13 Å². The van der Waals surface area contributed by atoms with Crippen LogP contribution in [0.1, 0.15) is 38.5 Å². The van der Waals surface area contributed by atoms with Gasteiger partial charge in [0.2, 0.25) is 12.2 Å². The van der Waals surface area contributed by atoms with Crippen LogP contribution in [0.3, 0.4) is 0 Å². The molecule has 0 radical (unpaired) electrons. The van der Waals surface area contributed by atoms with Crippen LogP contribution in [0.25, 0.3) is 11.2 Å². The van der Waals surface area contributed by atoms with Gasteiger partial charge in [0.1, 0.15) is 5.52 Å². The third-order valence-electron chi connectivity index (χ3n) is 2.82. The summed E-state index contributed by atoms with van der Waals surface area (Å²) in [7, 11) is 0. The van der Waals surface area contributed by atoms with E-state index in [1.54, 1.807) is 10.9 Å². The second kappa shape index (κ2) is 4.28. The van der Waals surface area contributed by atoms with E-state index in [1.165, 1.54) is 0 Å². The minimum Gasteiger partial charge on any atom is -0.274 e. The van der Waals surface area contributed by atoms with Gasteiger partial charge >= 0.3 is 5.65 Å². The van der Waals surface area contributed by atoms with Crippen molar-refractivity contribution in [1.29, 1.82) is 0 Å². The van der Waals surface area contributed by atoms with E-state index >= 15 is 0 Å². The number of carbonyl (C=O) groups is 1. The van der Waals surface area contributed by atoms with E-state index in [0.29, 0.717) is 6.04 Å². The van der Waals surface area contributed by atoms with Crippen LogP contribution >= 0.6 is 0 Å². The van der Waals surface area contributed by atoms with Crippen LogP contribution in [0.5, 0.6) is 0 Å². The molecule has 0 amide bonds. The molecule has 0 bridgehead atoms. The Morgan fingerprint density at radius 3 is 2.65 bits per heavy atom. The molecule has 0 spiro atoms. The van der Waals surface area contributed by atoms with Crippen LogP contribution < -0.4 is 4.57 Å². The van der Waals surface area contributed by atoms with E-state index in [4.69, 9.17) is 0 Å². The molecule has 0 atom stereocenters. The molecular weight excluding hydrogens is 214 g/mol. The Kier molecular flexibility index (Phi) is 2.96. The van der Waals surface area contributed by atoms with Gasteiger partial charge < -0.3 is 0 Å². The topological polar surface area (TPSA) is 38.8 Å². The highest BCUT2D eigenvalue weighted by molar-refractivity contribution is 5.88. The molecule has 0 aromatic carbocycles. The van der Waals surface area contributed by atoms with Gasteiger partial charge in [-0.15, -0.1) is 0 Å². The number of hydrogen-bond donors (Lipinski definition) is 0. The average Bonchev–Trinajstić information content (AvgIpc) is 2.70. The van der Waals surface area contributed by atoms with Crippen LogP contribution in [0.15, 0.2) is 24.7 Å². The fourth-order valence-corrected chi connectivity index (χ4v) is 1.87. The van der Waals surface area contributed by atoms with E-state index in [1.807, 2.05) is 32.2 Å². The van der Waals surface area contributed by atoms with Crippen LogP contribution in [-0.4, -0.2) is 15.5 Å². The Hall–Kier alpha value is -1.71. The average molecular weight is 232 g/mol. The van der Waals surface area contributed by atoms with Gasteiger partial charge in [-0.1, -0.05) is 13.8 Å². The van der Waals surface area contributed by atoms with Crippen molar-refractivity contribution in [2.24, 2.45) is 5.92 Å². The van der Waals surface area contributed by atoms with E-state index in [0.717, 1.165) is 11.2 Å². The highest BCUT2D eigenvalue weighted by Gasteiger charge is 2.21. The summed E-state index contributed by atoms with van der Waals surface area (Å²) in [5.41, 5.74) is 1.73. The van der Waals surface area contributed by atoms with Crippen molar-refractivity contribution in [1.82, 2.24) is 9.55 Å². The molecule has 90 valence electrons. The maximum Gasteiger partial charge on any atom is 0.349 e. The molecule has 2 aromatic heterocycles. The highest BCUT2D eigenvalue weighted by Crippen LogP contribution is 2.12. The zero-order valence-corrected chi connectivity index (χ0v) is 10.7. The zero-order valence-electron chi connectivity index (χ0n) is 10.7. The monoisotopic (exact) mass is 232 g/mol. The molecule has 2 rings (SSSR count). The molecule has 2 aromatic rings. The van der Waals surface area contributed by atoms with Gasteiger partial charge in [0, 0.05) is 5.92 Å². The van der Waals surface area contributed by atoms with Gasteiger partial charge in [-0.05, 0) is 31.0 Å². The van der Waals surface area contributed by atoms with Gasteiger partial charge in [0.05, 0.1) is 12.2 Å². The summed E-state index contributed by atoms with van der Waals surface area (Å²) < 4.78 is 3.71. The van der Waals surface area contributed by atoms with Crippen molar-refractivity contribution in [2.75, 3.05) is 0 Å². The van der Waals surface area contributed by atoms with Gasteiger partial charge in [-0.3, -0.25) is 4.79 Å². The molecule has 0 aliphatic heterocycles. The molecule has 0 fully saturated rings. The van der Waals surface area contributed by atoms with Crippen LogP contribution in [0, 0.1) is 5.92 Å². The number of aromatic nitrogens is 3. The molecule has 0 aliphatic carbocycles. The Morgan fingerprint density at radius 2 is 2.06 bits per heavy atom. The lowest BCUT2D eigenvalue weighted by atomic mass is 10.2. The van der Waals surface area contributed by atoms with Crippen LogP contribution in [0.2, 0.25) is 0 Å². The third kappa shape index (κ3) is 1.95. The number of nitrogens with zero attached hydrogens (tertiary/aromatic N) is 3. The van der Waals surface area contributed by atoms with E-state index < -0.39 is 0 Å². The summed E-state index contributed by atoms with van der Waals surface area (Å²) in [4.78, 5) is 16.4. The molecule has 17 heavy (non-hydrogen) atoms. The molecule has 0 unspecified atom stereocenters. The molecule has 0 N–H and O–H groups in total. The standard InChI is InChI=1S/C13H18N3O/c1-9(2)13(17)16-8-14-12-11(16)6-5-7-15(12)10(3)4/h5-10H,1-4H3/q+1. The third-order valence-corrected chi connectivity index (χ3v) is 2.82. The Bertz CT molecular complexity index is 555. The first-order valence-corrected chi connectivity index (χ1v) is 5.93. The second-order valence-corrected chi connectivity index (χ2v) is 4.83. The van der Waals surface area contributed by atoms with E-state index in [9.17, 15) is 4.79 Å². The summed E-state index contributed by atoms with van der Waals surface area (Å²) in [6, 6.07) is 4.21. The van der Waals surface area contributed by atoms with Crippen molar-refractivity contribution in [3.63, 3.8) is 0 Å². The van der Waals surface area contributed by atoms with Crippen molar-refractivity contribution >= 4 is 17.1 Å². The van der Waals surface area contributed by atoms with Gasteiger partial charge in [0.25, 0.3) is 0 Å². The van der Waals surface area contributed by atoms with Crippen molar-refractivity contribution in [3.05, 3.63) is 24.7 Å². The van der Waals surface area contributed by atoms with Crippen molar-refractivity contribution < 1.29 is 9.36 Å². The second-order valence-electron chi connectivity index (χ2n) is 4.83. The highest BCUT2D eigenvalue weighted by atomic mass is 16.2. The lowest BCUT2D eigenvalue weighted by Gasteiger charge is -2.05.